The van der Waals surface area contributed by atoms with Crippen molar-refractivity contribution in [1.29, 1.82) is 0 Å². The summed E-state index contributed by atoms with van der Waals surface area (Å²) in [5.41, 5.74) is 0. The summed E-state index contributed by atoms with van der Waals surface area (Å²) in [4.78, 5) is 21.4. The van der Waals surface area contributed by atoms with E-state index in [2.05, 4.69) is 0 Å². The highest BCUT2D eigenvalue weighted by molar-refractivity contribution is 5.73. The zero-order valence-corrected chi connectivity index (χ0v) is 8.21. The van der Waals surface area contributed by atoms with Crippen molar-refractivity contribution in [2.75, 3.05) is 6.61 Å². The Morgan fingerprint density at radius 2 is 2.40 bits per heavy atom. The highest BCUT2D eigenvalue weighted by Crippen LogP contribution is 2.31. The number of rotatable bonds is 2. The molecule has 4 atom stereocenters. The number of aliphatic hydroxyl groups excluding tert-OH is 1. The molecule has 0 spiro atoms. The quantitative estimate of drug-likeness (QED) is 0.596. The van der Waals surface area contributed by atoms with E-state index in [4.69, 9.17) is 14.2 Å². The Hall–Kier alpha value is -1.14. The summed E-state index contributed by atoms with van der Waals surface area (Å²) < 4.78 is 14.9. The molecule has 2 heterocycles. The second-order valence-electron chi connectivity index (χ2n) is 3.66. The fourth-order valence-corrected chi connectivity index (χ4v) is 1.83. The Labute approximate surface area is 86.1 Å². The molecule has 0 aliphatic carbocycles. The molecule has 0 aromatic carbocycles. The van der Waals surface area contributed by atoms with Gasteiger partial charge in [-0.1, -0.05) is 0 Å². The largest absolute Gasteiger partial charge is 0.463 e. The molecule has 0 amide bonds. The third-order valence-electron chi connectivity index (χ3n) is 2.52. The van der Waals surface area contributed by atoms with E-state index in [9.17, 15) is 14.7 Å². The Bertz CT molecular complexity index is 288. The van der Waals surface area contributed by atoms with Crippen LogP contribution in [0.5, 0.6) is 0 Å². The van der Waals surface area contributed by atoms with Crippen LogP contribution in [0.15, 0.2) is 0 Å². The van der Waals surface area contributed by atoms with E-state index in [0.29, 0.717) is 0 Å². The van der Waals surface area contributed by atoms with Crippen molar-refractivity contribution in [3.05, 3.63) is 0 Å². The van der Waals surface area contributed by atoms with Gasteiger partial charge in [0.1, 0.15) is 24.9 Å². The number of carbonyl (C=O) groups is 2. The minimum atomic E-state index is -0.916. The zero-order chi connectivity index (χ0) is 11.0. The summed E-state index contributed by atoms with van der Waals surface area (Å²) in [6.07, 6.45) is -2.39. The van der Waals surface area contributed by atoms with E-state index in [1.54, 1.807) is 0 Å². The van der Waals surface area contributed by atoms with Crippen LogP contribution in [0, 0.1) is 0 Å². The summed E-state index contributed by atoms with van der Waals surface area (Å²) in [6, 6.07) is 0. The third-order valence-corrected chi connectivity index (χ3v) is 2.52. The van der Waals surface area contributed by atoms with Crippen LogP contribution in [0.25, 0.3) is 0 Å². The molecule has 1 N–H and O–H groups in total. The zero-order valence-electron chi connectivity index (χ0n) is 8.21. The van der Waals surface area contributed by atoms with Crippen molar-refractivity contribution < 1.29 is 28.9 Å². The first-order chi connectivity index (χ1) is 7.08. The highest BCUT2D eigenvalue weighted by atomic mass is 16.6. The van der Waals surface area contributed by atoms with Gasteiger partial charge in [0, 0.05) is 6.92 Å². The van der Waals surface area contributed by atoms with Crippen LogP contribution in [0.2, 0.25) is 0 Å². The molecule has 84 valence electrons. The Morgan fingerprint density at radius 3 is 3.00 bits per heavy atom. The molecule has 0 radical (unpaired) electrons. The van der Waals surface area contributed by atoms with Gasteiger partial charge in [0.2, 0.25) is 0 Å². The van der Waals surface area contributed by atoms with E-state index >= 15 is 0 Å². The first-order valence-electron chi connectivity index (χ1n) is 4.74. The topological polar surface area (TPSA) is 82.1 Å². The van der Waals surface area contributed by atoms with Crippen molar-refractivity contribution in [3.8, 4) is 0 Å². The van der Waals surface area contributed by atoms with Gasteiger partial charge in [-0.05, 0) is 0 Å². The maximum absolute atomic E-state index is 10.9. The van der Waals surface area contributed by atoms with Gasteiger partial charge in [0.15, 0.2) is 6.10 Å². The van der Waals surface area contributed by atoms with Crippen LogP contribution in [-0.4, -0.2) is 48.1 Å². The second-order valence-corrected chi connectivity index (χ2v) is 3.66. The van der Waals surface area contributed by atoms with Gasteiger partial charge in [-0.25, -0.2) is 0 Å². The predicted octanol–water partition coefficient (Wildman–Crippen LogP) is -1.01. The first kappa shape index (κ1) is 10.4. The van der Waals surface area contributed by atoms with E-state index in [-0.39, 0.29) is 19.0 Å². The molecule has 2 rings (SSSR count). The van der Waals surface area contributed by atoms with E-state index in [1.165, 1.54) is 6.92 Å². The number of aliphatic hydroxyl groups is 1. The van der Waals surface area contributed by atoms with E-state index in [0.717, 1.165) is 0 Å². The predicted molar refractivity (Wildman–Crippen MR) is 45.8 cm³/mol. The second kappa shape index (κ2) is 3.79. The SMILES string of the molecule is CC(=O)OC[C@@H]1O[C@@H]2CC(=O)O[C@@H]2[C@@H]1O. The van der Waals surface area contributed by atoms with Crippen LogP contribution in [0.4, 0.5) is 0 Å². The lowest BCUT2D eigenvalue weighted by Crippen LogP contribution is -2.34. The van der Waals surface area contributed by atoms with Crippen molar-refractivity contribution in [1.82, 2.24) is 0 Å². The molecule has 0 aromatic heterocycles. The molecule has 0 aromatic rings. The maximum atomic E-state index is 10.9. The molecular formula is C9H12O6. The molecule has 6 nitrogen and oxygen atoms in total. The average molecular weight is 216 g/mol. The molecule has 6 heteroatoms. The van der Waals surface area contributed by atoms with Gasteiger partial charge < -0.3 is 19.3 Å². The Kier molecular flexibility index (Phi) is 2.62. The molecule has 0 saturated carbocycles. The van der Waals surface area contributed by atoms with Crippen LogP contribution < -0.4 is 0 Å². The minimum absolute atomic E-state index is 0.0128. The van der Waals surface area contributed by atoms with Crippen LogP contribution in [-0.2, 0) is 23.8 Å². The maximum Gasteiger partial charge on any atom is 0.309 e. The molecule has 0 bridgehead atoms. The van der Waals surface area contributed by atoms with E-state index in [1.807, 2.05) is 0 Å². The molecule has 2 aliphatic rings. The summed E-state index contributed by atoms with van der Waals surface area (Å²) in [7, 11) is 0. The fraction of sp³-hybridized carbons (Fsp3) is 0.778. The highest BCUT2D eigenvalue weighted by Gasteiger charge is 2.51. The number of carbonyl (C=O) groups excluding carboxylic acids is 2. The Balaban J connectivity index is 1.91. The summed E-state index contributed by atoms with van der Waals surface area (Å²) in [5, 5.41) is 9.70. The van der Waals surface area contributed by atoms with Crippen LogP contribution in [0.3, 0.4) is 0 Å². The van der Waals surface area contributed by atoms with Crippen molar-refractivity contribution in [2.24, 2.45) is 0 Å². The normalized spacial score (nSPS) is 38.7. The van der Waals surface area contributed by atoms with Crippen LogP contribution >= 0.6 is 0 Å². The number of ether oxygens (including phenoxy) is 3. The number of fused-ring (bicyclic) bond motifs is 1. The van der Waals surface area contributed by atoms with Gasteiger partial charge in [-0.3, -0.25) is 9.59 Å². The third kappa shape index (κ3) is 1.95. The van der Waals surface area contributed by atoms with Gasteiger partial charge in [0.25, 0.3) is 0 Å². The minimum Gasteiger partial charge on any atom is -0.463 e. The molecule has 15 heavy (non-hydrogen) atoms. The monoisotopic (exact) mass is 216 g/mol. The lowest BCUT2D eigenvalue weighted by atomic mass is 10.1. The number of hydrogen-bond acceptors (Lipinski definition) is 6. The standard InChI is InChI=1S/C9H12O6/c1-4(10)13-3-6-8(12)9-5(14-6)2-7(11)15-9/h5-6,8-9,12H,2-3H2,1H3/t5-,6+,8-,9+/m1/s1. The summed E-state index contributed by atoms with van der Waals surface area (Å²) in [5.74, 6) is -0.796. The average Bonchev–Trinajstić information content (AvgIpc) is 2.63. The molecule has 0 unspecified atom stereocenters. The van der Waals surface area contributed by atoms with Gasteiger partial charge in [-0.2, -0.15) is 0 Å². The number of esters is 2. The summed E-state index contributed by atoms with van der Waals surface area (Å²) in [6.45, 7) is 1.27. The van der Waals surface area contributed by atoms with Gasteiger partial charge in [0.05, 0.1) is 6.42 Å². The smallest absolute Gasteiger partial charge is 0.309 e. The van der Waals surface area contributed by atoms with Crippen LogP contribution in [0.1, 0.15) is 13.3 Å². The summed E-state index contributed by atoms with van der Waals surface area (Å²) >= 11 is 0. The fourth-order valence-electron chi connectivity index (χ4n) is 1.83. The molecular weight excluding hydrogens is 204 g/mol. The van der Waals surface area contributed by atoms with Crippen molar-refractivity contribution >= 4 is 11.9 Å². The van der Waals surface area contributed by atoms with Gasteiger partial charge >= 0.3 is 11.9 Å². The molecule has 2 fully saturated rings. The lowest BCUT2D eigenvalue weighted by Gasteiger charge is -2.15. The van der Waals surface area contributed by atoms with Crippen molar-refractivity contribution in [3.63, 3.8) is 0 Å². The lowest BCUT2D eigenvalue weighted by molar-refractivity contribution is -0.151. The van der Waals surface area contributed by atoms with E-state index < -0.39 is 30.4 Å². The van der Waals surface area contributed by atoms with Gasteiger partial charge in [-0.15, -0.1) is 0 Å². The molecule has 2 saturated heterocycles. The van der Waals surface area contributed by atoms with Crippen molar-refractivity contribution in [2.45, 2.75) is 37.8 Å². The Morgan fingerprint density at radius 1 is 1.67 bits per heavy atom. The first-order valence-corrected chi connectivity index (χ1v) is 4.74. The number of hydrogen-bond donors (Lipinski definition) is 1. The molecule has 2 aliphatic heterocycles.